The molecule has 0 saturated carbocycles. The van der Waals surface area contributed by atoms with Crippen molar-refractivity contribution >= 4 is 5.97 Å². The number of carboxylic acid groups (broad SMARTS) is 1. The molecule has 0 radical (unpaired) electrons. The van der Waals surface area contributed by atoms with Gasteiger partial charge in [-0.25, -0.2) is 0 Å². The van der Waals surface area contributed by atoms with Crippen LogP contribution in [0.2, 0.25) is 0 Å². The van der Waals surface area contributed by atoms with Crippen LogP contribution in [0.4, 0.5) is 0 Å². The van der Waals surface area contributed by atoms with Gasteiger partial charge >= 0.3 is 5.97 Å². The normalized spacial score (nSPS) is 20.0. The third-order valence-corrected chi connectivity index (χ3v) is 4.51. The summed E-state index contributed by atoms with van der Waals surface area (Å²) in [5.41, 5.74) is 1.15. The first-order valence-corrected chi connectivity index (χ1v) is 9.03. The molecule has 24 heavy (non-hydrogen) atoms. The van der Waals surface area contributed by atoms with Crippen LogP contribution >= 0.6 is 0 Å². The molecule has 0 aromatic heterocycles. The van der Waals surface area contributed by atoms with E-state index in [1.807, 2.05) is 30.3 Å². The fourth-order valence-corrected chi connectivity index (χ4v) is 2.98. The molecule has 4 heteroatoms. The van der Waals surface area contributed by atoms with Gasteiger partial charge in [0.1, 0.15) is 5.75 Å². The second-order valence-electron chi connectivity index (χ2n) is 6.43. The number of unbranched alkanes of at least 4 members (excludes halogenated alkanes) is 3. The highest BCUT2D eigenvalue weighted by Crippen LogP contribution is 2.20. The molecular formula is C20H29NO3. The molecule has 1 aromatic carbocycles. The van der Waals surface area contributed by atoms with Crippen molar-refractivity contribution in [3.8, 4) is 5.75 Å². The van der Waals surface area contributed by atoms with Gasteiger partial charge in [0.15, 0.2) is 0 Å². The maximum absolute atomic E-state index is 11.3. The van der Waals surface area contributed by atoms with Gasteiger partial charge in [0, 0.05) is 12.6 Å². The topological polar surface area (TPSA) is 58.6 Å². The molecule has 1 aliphatic carbocycles. The summed E-state index contributed by atoms with van der Waals surface area (Å²) in [5, 5.41) is 12.7. The number of hydrogen-bond donors (Lipinski definition) is 2. The monoisotopic (exact) mass is 331 g/mol. The molecule has 0 heterocycles. The third-order valence-electron chi connectivity index (χ3n) is 4.51. The van der Waals surface area contributed by atoms with Gasteiger partial charge in [-0.3, -0.25) is 4.79 Å². The van der Waals surface area contributed by atoms with E-state index in [9.17, 15) is 9.90 Å². The molecule has 0 bridgehead atoms. The highest BCUT2D eigenvalue weighted by atomic mass is 16.5. The SMILES string of the molecule is CCCCCCOc1ccc(CN[C@H]2CC=CC[C@H]2C(=O)O)cc1. The molecule has 4 nitrogen and oxygen atoms in total. The largest absolute Gasteiger partial charge is 0.494 e. The summed E-state index contributed by atoms with van der Waals surface area (Å²) in [6.45, 7) is 3.65. The molecule has 1 aromatic rings. The van der Waals surface area contributed by atoms with E-state index < -0.39 is 5.97 Å². The summed E-state index contributed by atoms with van der Waals surface area (Å²) < 4.78 is 5.74. The Bertz CT molecular complexity index is 524. The molecule has 0 fully saturated rings. The lowest BCUT2D eigenvalue weighted by Gasteiger charge is -2.26. The van der Waals surface area contributed by atoms with Gasteiger partial charge in [-0.1, -0.05) is 50.5 Å². The summed E-state index contributed by atoms with van der Waals surface area (Å²) in [4.78, 5) is 11.3. The van der Waals surface area contributed by atoms with E-state index in [0.29, 0.717) is 13.0 Å². The maximum Gasteiger partial charge on any atom is 0.308 e. The Balaban J connectivity index is 1.75. The zero-order valence-corrected chi connectivity index (χ0v) is 14.5. The van der Waals surface area contributed by atoms with Crippen molar-refractivity contribution in [2.24, 2.45) is 5.92 Å². The zero-order valence-electron chi connectivity index (χ0n) is 14.5. The lowest BCUT2D eigenvalue weighted by Crippen LogP contribution is -2.40. The van der Waals surface area contributed by atoms with Crippen molar-refractivity contribution < 1.29 is 14.6 Å². The number of carboxylic acids is 1. The van der Waals surface area contributed by atoms with Crippen molar-refractivity contribution in [1.29, 1.82) is 0 Å². The standard InChI is InChI=1S/C20H29NO3/c1-2-3-4-7-14-24-17-12-10-16(11-13-17)15-21-19-9-6-5-8-18(19)20(22)23/h5-6,10-13,18-19,21H,2-4,7-9,14-15H2,1H3,(H,22,23)/t18-,19+/m1/s1. The minimum Gasteiger partial charge on any atom is -0.494 e. The molecule has 2 rings (SSSR count). The quantitative estimate of drug-likeness (QED) is 0.499. The first-order valence-electron chi connectivity index (χ1n) is 9.03. The second kappa shape index (κ2) is 10.1. The maximum atomic E-state index is 11.3. The van der Waals surface area contributed by atoms with Gasteiger partial charge in [0.2, 0.25) is 0 Å². The minimum atomic E-state index is -0.719. The molecule has 1 aliphatic rings. The minimum absolute atomic E-state index is 0.00184. The van der Waals surface area contributed by atoms with Crippen molar-refractivity contribution in [3.63, 3.8) is 0 Å². The van der Waals surface area contributed by atoms with E-state index in [1.54, 1.807) is 0 Å². The first kappa shape index (κ1) is 18.5. The molecule has 2 atom stereocenters. The number of hydrogen-bond acceptors (Lipinski definition) is 3. The number of rotatable bonds is 10. The number of benzene rings is 1. The predicted molar refractivity (Wildman–Crippen MR) is 96.2 cm³/mol. The van der Waals surface area contributed by atoms with Crippen molar-refractivity contribution in [1.82, 2.24) is 5.32 Å². The predicted octanol–water partition coefficient (Wildman–Crippen LogP) is 4.15. The Morgan fingerprint density at radius 2 is 1.92 bits per heavy atom. The summed E-state index contributed by atoms with van der Waals surface area (Å²) in [6, 6.07) is 8.08. The molecule has 0 aliphatic heterocycles. The molecule has 0 unspecified atom stereocenters. The molecule has 0 amide bonds. The van der Waals surface area contributed by atoms with Gasteiger partial charge in [-0.2, -0.15) is 0 Å². The molecule has 0 spiro atoms. The Kier molecular flexibility index (Phi) is 7.83. The Morgan fingerprint density at radius 1 is 1.17 bits per heavy atom. The van der Waals surface area contributed by atoms with Crippen LogP contribution in [0, 0.1) is 5.92 Å². The van der Waals surface area contributed by atoms with Gasteiger partial charge in [0.05, 0.1) is 12.5 Å². The summed E-state index contributed by atoms with van der Waals surface area (Å²) in [7, 11) is 0. The average molecular weight is 331 g/mol. The summed E-state index contributed by atoms with van der Waals surface area (Å²) >= 11 is 0. The smallest absolute Gasteiger partial charge is 0.308 e. The van der Waals surface area contributed by atoms with Gasteiger partial charge in [0.25, 0.3) is 0 Å². The number of carbonyl (C=O) groups is 1. The van der Waals surface area contributed by atoms with E-state index in [-0.39, 0.29) is 12.0 Å². The zero-order chi connectivity index (χ0) is 17.2. The van der Waals surface area contributed by atoms with E-state index in [0.717, 1.165) is 30.8 Å². The first-order chi connectivity index (χ1) is 11.7. The van der Waals surface area contributed by atoms with E-state index >= 15 is 0 Å². The summed E-state index contributed by atoms with van der Waals surface area (Å²) in [5.74, 6) is -0.149. The number of allylic oxidation sites excluding steroid dienone is 1. The Hall–Kier alpha value is -1.81. The van der Waals surface area contributed by atoms with Crippen LogP contribution < -0.4 is 10.1 Å². The average Bonchev–Trinajstić information content (AvgIpc) is 2.61. The van der Waals surface area contributed by atoms with E-state index in [2.05, 4.69) is 18.3 Å². The van der Waals surface area contributed by atoms with Crippen molar-refractivity contribution in [2.75, 3.05) is 6.61 Å². The lowest BCUT2D eigenvalue weighted by atomic mass is 9.89. The highest BCUT2D eigenvalue weighted by molar-refractivity contribution is 5.71. The third kappa shape index (κ3) is 6.00. The lowest BCUT2D eigenvalue weighted by molar-refractivity contribution is -0.142. The summed E-state index contributed by atoms with van der Waals surface area (Å²) in [6.07, 6.45) is 10.2. The van der Waals surface area contributed by atoms with Gasteiger partial charge in [-0.05, 0) is 37.0 Å². The fraction of sp³-hybridized carbons (Fsp3) is 0.550. The molecular weight excluding hydrogens is 302 g/mol. The number of ether oxygens (including phenoxy) is 1. The van der Waals surface area contributed by atoms with Crippen LogP contribution in [-0.2, 0) is 11.3 Å². The van der Waals surface area contributed by atoms with Crippen LogP contribution in [0.25, 0.3) is 0 Å². The van der Waals surface area contributed by atoms with Crippen LogP contribution in [-0.4, -0.2) is 23.7 Å². The number of nitrogens with one attached hydrogen (secondary N) is 1. The van der Waals surface area contributed by atoms with Gasteiger partial charge < -0.3 is 15.2 Å². The Labute approximate surface area is 144 Å². The van der Waals surface area contributed by atoms with E-state index in [4.69, 9.17) is 4.74 Å². The molecule has 132 valence electrons. The molecule has 2 N–H and O–H groups in total. The van der Waals surface area contributed by atoms with Crippen LogP contribution in [0.1, 0.15) is 51.0 Å². The second-order valence-corrected chi connectivity index (χ2v) is 6.43. The fourth-order valence-electron chi connectivity index (χ4n) is 2.98. The van der Waals surface area contributed by atoms with Gasteiger partial charge in [-0.15, -0.1) is 0 Å². The van der Waals surface area contributed by atoms with Crippen molar-refractivity contribution in [2.45, 2.75) is 58.0 Å². The van der Waals surface area contributed by atoms with E-state index in [1.165, 1.54) is 19.3 Å². The van der Waals surface area contributed by atoms with Crippen LogP contribution in [0.15, 0.2) is 36.4 Å². The van der Waals surface area contributed by atoms with Crippen LogP contribution in [0.3, 0.4) is 0 Å². The number of aliphatic carboxylic acids is 1. The Morgan fingerprint density at radius 3 is 2.62 bits per heavy atom. The van der Waals surface area contributed by atoms with Crippen LogP contribution in [0.5, 0.6) is 5.75 Å². The van der Waals surface area contributed by atoms with Crippen molar-refractivity contribution in [3.05, 3.63) is 42.0 Å². The molecule has 0 saturated heterocycles. The highest BCUT2D eigenvalue weighted by Gasteiger charge is 2.27.